The minimum atomic E-state index is -0.107. The molecular formula is C18H25NO2. The first-order valence-electron chi connectivity index (χ1n) is 7.79. The van der Waals surface area contributed by atoms with Gasteiger partial charge in [0.2, 0.25) is 0 Å². The minimum Gasteiger partial charge on any atom is -0.492 e. The molecule has 114 valence electrons. The quantitative estimate of drug-likeness (QED) is 0.864. The van der Waals surface area contributed by atoms with Gasteiger partial charge in [0.1, 0.15) is 19.0 Å². The standard InChI is InChI=1S/C18H25NO2/c1-15-5-3-6-16(2)19(15)12-14-21-18-10-8-17(9-11-18)7-4-13-20/h8-11,15-16,20H,3,5-6,12-14H2,1-2H3/t15-,16+. The monoisotopic (exact) mass is 287 g/mol. The van der Waals surface area contributed by atoms with E-state index in [2.05, 4.69) is 30.6 Å². The number of piperidine rings is 1. The van der Waals surface area contributed by atoms with E-state index < -0.39 is 0 Å². The number of ether oxygens (including phenoxy) is 1. The van der Waals surface area contributed by atoms with Crippen molar-refractivity contribution in [2.24, 2.45) is 0 Å². The van der Waals surface area contributed by atoms with Crippen LogP contribution in [-0.2, 0) is 0 Å². The van der Waals surface area contributed by atoms with E-state index in [1.165, 1.54) is 19.3 Å². The zero-order chi connectivity index (χ0) is 15.1. The van der Waals surface area contributed by atoms with Crippen LogP contribution >= 0.6 is 0 Å². The maximum Gasteiger partial charge on any atom is 0.119 e. The molecule has 0 amide bonds. The number of likely N-dealkylation sites (tertiary alicyclic amines) is 1. The average Bonchev–Trinajstić information content (AvgIpc) is 2.49. The Morgan fingerprint density at radius 1 is 1.19 bits per heavy atom. The van der Waals surface area contributed by atoms with Crippen molar-refractivity contribution in [2.75, 3.05) is 19.8 Å². The molecule has 1 saturated heterocycles. The predicted molar refractivity (Wildman–Crippen MR) is 85.4 cm³/mol. The summed E-state index contributed by atoms with van der Waals surface area (Å²) in [6, 6.07) is 9.03. The van der Waals surface area contributed by atoms with Gasteiger partial charge < -0.3 is 9.84 Å². The van der Waals surface area contributed by atoms with Crippen molar-refractivity contribution in [2.45, 2.75) is 45.2 Å². The number of hydrogen-bond donors (Lipinski definition) is 1. The van der Waals surface area contributed by atoms with Crippen LogP contribution in [0.15, 0.2) is 24.3 Å². The Morgan fingerprint density at radius 2 is 1.86 bits per heavy atom. The van der Waals surface area contributed by atoms with Crippen LogP contribution in [0.25, 0.3) is 0 Å². The van der Waals surface area contributed by atoms with Crippen molar-refractivity contribution < 1.29 is 9.84 Å². The van der Waals surface area contributed by atoms with Gasteiger partial charge in [-0.05, 0) is 51.0 Å². The Balaban J connectivity index is 1.80. The molecule has 0 bridgehead atoms. The van der Waals surface area contributed by atoms with E-state index in [9.17, 15) is 0 Å². The van der Waals surface area contributed by atoms with Crippen LogP contribution in [0.4, 0.5) is 0 Å². The summed E-state index contributed by atoms with van der Waals surface area (Å²) in [5.74, 6) is 6.39. The first-order chi connectivity index (χ1) is 10.2. The molecule has 2 atom stereocenters. The van der Waals surface area contributed by atoms with Crippen LogP contribution in [0.3, 0.4) is 0 Å². The highest BCUT2D eigenvalue weighted by Gasteiger charge is 2.23. The third kappa shape index (κ3) is 4.77. The zero-order valence-corrected chi connectivity index (χ0v) is 13.0. The lowest BCUT2D eigenvalue weighted by atomic mass is 9.98. The van der Waals surface area contributed by atoms with E-state index >= 15 is 0 Å². The Kier molecular flexibility index (Phi) is 6.10. The highest BCUT2D eigenvalue weighted by Crippen LogP contribution is 2.22. The summed E-state index contributed by atoms with van der Waals surface area (Å²) in [7, 11) is 0. The van der Waals surface area contributed by atoms with Crippen LogP contribution < -0.4 is 4.74 Å². The molecule has 21 heavy (non-hydrogen) atoms. The number of benzene rings is 1. The van der Waals surface area contributed by atoms with E-state index in [0.29, 0.717) is 12.1 Å². The van der Waals surface area contributed by atoms with Gasteiger partial charge in [-0.3, -0.25) is 4.90 Å². The third-order valence-electron chi connectivity index (χ3n) is 4.16. The average molecular weight is 287 g/mol. The number of aliphatic hydroxyl groups excluding tert-OH is 1. The van der Waals surface area contributed by atoms with Gasteiger partial charge in [-0.25, -0.2) is 0 Å². The number of nitrogens with zero attached hydrogens (tertiary/aromatic N) is 1. The Bertz CT molecular complexity index is 476. The summed E-state index contributed by atoms with van der Waals surface area (Å²) >= 11 is 0. The van der Waals surface area contributed by atoms with Crippen LogP contribution in [-0.4, -0.2) is 41.8 Å². The summed E-state index contributed by atoms with van der Waals surface area (Å²) in [4.78, 5) is 2.55. The molecule has 1 heterocycles. The van der Waals surface area contributed by atoms with Crippen LogP contribution in [0, 0.1) is 11.8 Å². The van der Waals surface area contributed by atoms with Crippen molar-refractivity contribution in [1.82, 2.24) is 4.90 Å². The highest BCUT2D eigenvalue weighted by atomic mass is 16.5. The molecule has 0 radical (unpaired) electrons. The van der Waals surface area contributed by atoms with Gasteiger partial charge in [-0.2, -0.15) is 0 Å². The Labute approximate surface area is 127 Å². The fraction of sp³-hybridized carbons (Fsp3) is 0.556. The summed E-state index contributed by atoms with van der Waals surface area (Å²) in [5, 5.41) is 8.66. The van der Waals surface area contributed by atoms with Crippen LogP contribution in [0.2, 0.25) is 0 Å². The highest BCUT2D eigenvalue weighted by molar-refractivity contribution is 5.38. The van der Waals surface area contributed by atoms with Gasteiger partial charge in [-0.15, -0.1) is 0 Å². The van der Waals surface area contributed by atoms with Crippen LogP contribution in [0.1, 0.15) is 38.7 Å². The smallest absolute Gasteiger partial charge is 0.119 e. The fourth-order valence-corrected chi connectivity index (χ4v) is 2.96. The molecule has 1 aromatic carbocycles. The maximum atomic E-state index is 8.66. The molecule has 2 rings (SSSR count). The molecule has 0 spiro atoms. The molecule has 3 heteroatoms. The predicted octanol–water partition coefficient (Wildman–Crippen LogP) is 2.67. The van der Waals surface area contributed by atoms with Crippen molar-refractivity contribution in [3.05, 3.63) is 29.8 Å². The molecule has 0 aromatic heterocycles. The van der Waals surface area contributed by atoms with E-state index in [1.807, 2.05) is 24.3 Å². The Hall–Kier alpha value is -1.50. The number of hydrogen-bond acceptors (Lipinski definition) is 3. The lowest BCUT2D eigenvalue weighted by molar-refractivity contribution is 0.0851. The minimum absolute atomic E-state index is 0.107. The SMILES string of the molecule is C[C@@H]1CCC[C@H](C)N1CCOc1ccc(C#CCO)cc1. The summed E-state index contributed by atoms with van der Waals surface area (Å²) in [5.41, 5.74) is 0.898. The normalized spacial score (nSPS) is 22.4. The second kappa shape index (κ2) is 8.07. The van der Waals surface area contributed by atoms with Gasteiger partial charge in [0.25, 0.3) is 0 Å². The molecular weight excluding hydrogens is 262 g/mol. The topological polar surface area (TPSA) is 32.7 Å². The second-order valence-corrected chi connectivity index (χ2v) is 5.70. The van der Waals surface area contributed by atoms with Crippen molar-refractivity contribution >= 4 is 0 Å². The van der Waals surface area contributed by atoms with E-state index in [4.69, 9.17) is 9.84 Å². The van der Waals surface area contributed by atoms with Crippen molar-refractivity contribution in [3.8, 4) is 17.6 Å². The lowest BCUT2D eigenvalue weighted by Gasteiger charge is -2.38. The molecule has 3 nitrogen and oxygen atoms in total. The van der Waals surface area contributed by atoms with E-state index in [1.54, 1.807) is 0 Å². The van der Waals surface area contributed by atoms with Gasteiger partial charge in [-0.1, -0.05) is 18.3 Å². The molecule has 1 aromatic rings. The maximum absolute atomic E-state index is 8.66. The molecule has 1 aliphatic rings. The van der Waals surface area contributed by atoms with Gasteiger partial charge in [0.15, 0.2) is 0 Å². The summed E-state index contributed by atoms with van der Waals surface area (Å²) in [6.45, 7) is 6.21. The molecule has 1 N–H and O–H groups in total. The number of aliphatic hydroxyl groups is 1. The lowest BCUT2D eigenvalue weighted by Crippen LogP contribution is -2.45. The van der Waals surface area contributed by atoms with Crippen LogP contribution in [0.5, 0.6) is 5.75 Å². The van der Waals surface area contributed by atoms with E-state index in [0.717, 1.165) is 24.5 Å². The molecule has 1 aliphatic heterocycles. The van der Waals surface area contributed by atoms with Crippen molar-refractivity contribution in [3.63, 3.8) is 0 Å². The van der Waals surface area contributed by atoms with E-state index in [-0.39, 0.29) is 6.61 Å². The van der Waals surface area contributed by atoms with Gasteiger partial charge >= 0.3 is 0 Å². The molecule has 0 saturated carbocycles. The first kappa shape index (κ1) is 15.9. The molecule has 1 fully saturated rings. The number of rotatable bonds is 4. The van der Waals surface area contributed by atoms with Gasteiger partial charge in [0.05, 0.1) is 0 Å². The molecule has 0 unspecified atom stereocenters. The first-order valence-corrected chi connectivity index (χ1v) is 7.79. The second-order valence-electron chi connectivity index (χ2n) is 5.70. The Morgan fingerprint density at radius 3 is 2.48 bits per heavy atom. The fourth-order valence-electron chi connectivity index (χ4n) is 2.96. The molecule has 0 aliphatic carbocycles. The summed E-state index contributed by atoms with van der Waals surface area (Å²) < 4.78 is 5.83. The summed E-state index contributed by atoms with van der Waals surface area (Å²) in [6.07, 6.45) is 3.93. The third-order valence-corrected chi connectivity index (χ3v) is 4.16. The van der Waals surface area contributed by atoms with Crippen molar-refractivity contribution in [1.29, 1.82) is 0 Å². The van der Waals surface area contributed by atoms with Gasteiger partial charge in [0, 0.05) is 24.2 Å². The largest absolute Gasteiger partial charge is 0.492 e. The zero-order valence-electron chi connectivity index (χ0n) is 13.0.